The lowest BCUT2D eigenvalue weighted by atomic mass is 10.0. The summed E-state index contributed by atoms with van der Waals surface area (Å²) >= 11 is 0. The van der Waals surface area contributed by atoms with Gasteiger partial charge in [0.2, 0.25) is 0 Å². The molecule has 0 aliphatic heterocycles. The van der Waals surface area contributed by atoms with E-state index in [0.717, 1.165) is 53.0 Å². The third-order valence-corrected chi connectivity index (χ3v) is 6.10. The predicted molar refractivity (Wildman–Crippen MR) is 139 cm³/mol. The van der Waals surface area contributed by atoms with Gasteiger partial charge in [0.1, 0.15) is 0 Å². The normalized spacial score (nSPS) is 11.1. The largest absolute Gasteiger partial charge is 0.337 e. The van der Waals surface area contributed by atoms with E-state index >= 15 is 0 Å². The van der Waals surface area contributed by atoms with E-state index in [9.17, 15) is 4.79 Å². The molecule has 5 aromatic rings. The second-order valence-electron chi connectivity index (χ2n) is 8.58. The number of carbonyl (C=O) groups is 1. The number of ketones is 1. The van der Waals surface area contributed by atoms with E-state index < -0.39 is 0 Å². The minimum Gasteiger partial charge on any atom is -0.337 e. The van der Waals surface area contributed by atoms with Gasteiger partial charge in [-0.2, -0.15) is 0 Å². The molecular weight excluding hydrogens is 434 g/mol. The quantitative estimate of drug-likeness (QED) is 0.226. The van der Waals surface area contributed by atoms with Crippen molar-refractivity contribution < 1.29 is 4.79 Å². The molecule has 0 fully saturated rings. The van der Waals surface area contributed by atoms with Crippen molar-refractivity contribution in [1.29, 1.82) is 0 Å². The zero-order valence-corrected chi connectivity index (χ0v) is 19.5. The lowest BCUT2D eigenvalue weighted by molar-refractivity contribution is 0.0979. The number of unbranched alkanes of at least 4 members (excludes halogenated alkanes) is 1. The molecule has 0 spiro atoms. The first-order valence-corrected chi connectivity index (χ1v) is 11.9. The van der Waals surface area contributed by atoms with Crippen LogP contribution in [0.4, 0.5) is 0 Å². The zero-order chi connectivity index (χ0) is 24.0. The maximum absolute atomic E-state index is 12.9. The van der Waals surface area contributed by atoms with Crippen molar-refractivity contribution >= 4 is 16.8 Å². The number of carbonyl (C=O) groups excluding carboxylic acids is 1. The van der Waals surface area contributed by atoms with E-state index in [1.54, 1.807) is 12.5 Å². The van der Waals surface area contributed by atoms with Gasteiger partial charge < -0.3 is 10.3 Å². The molecule has 3 aromatic carbocycles. The molecule has 35 heavy (non-hydrogen) atoms. The Morgan fingerprint density at radius 2 is 1.63 bits per heavy atom. The molecule has 0 saturated carbocycles. The summed E-state index contributed by atoms with van der Waals surface area (Å²) in [5.74, 6) is 0.123. The van der Waals surface area contributed by atoms with Crippen LogP contribution in [0.25, 0.3) is 33.5 Å². The predicted octanol–water partition coefficient (Wildman–Crippen LogP) is 5.67. The Bertz CT molecular complexity index is 1450. The number of imidazole rings is 1. The highest BCUT2D eigenvalue weighted by molar-refractivity contribution is 5.99. The minimum atomic E-state index is 0.123. The fourth-order valence-electron chi connectivity index (χ4n) is 4.22. The molecule has 0 bridgehead atoms. The van der Waals surface area contributed by atoms with Crippen LogP contribution < -0.4 is 5.73 Å². The highest BCUT2D eigenvalue weighted by Crippen LogP contribution is 2.31. The summed E-state index contributed by atoms with van der Waals surface area (Å²) in [6.45, 7) is 1.32. The maximum atomic E-state index is 12.9. The zero-order valence-electron chi connectivity index (χ0n) is 19.5. The standard InChI is InChI=1S/C29H27N5O/c30-19-21-7-6-10-24(17-21)29-28(22-8-2-1-3-9-22)32-25-13-12-23(18-26(25)33-29)27(35)11-4-5-15-34-16-14-31-20-34/h1-3,6-10,12-14,16-18,20H,4-5,11,15,19,30H2. The first-order valence-electron chi connectivity index (χ1n) is 11.9. The van der Waals surface area contributed by atoms with E-state index in [4.69, 9.17) is 15.7 Å². The molecule has 0 aliphatic rings. The summed E-state index contributed by atoms with van der Waals surface area (Å²) in [6, 6.07) is 23.7. The highest BCUT2D eigenvalue weighted by Gasteiger charge is 2.15. The van der Waals surface area contributed by atoms with Crippen molar-refractivity contribution in [1.82, 2.24) is 19.5 Å². The van der Waals surface area contributed by atoms with Gasteiger partial charge in [0, 0.05) is 48.6 Å². The van der Waals surface area contributed by atoms with Crippen LogP contribution in [-0.2, 0) is 13.1 Å². The molecule has 2 heterocycles. The van der Waals surface area contributed by atoms with Gasteiger partial charge in [-0.1, -0.05) is 48.5 Å². The van der Waals surface area contributed by atoms with Crippen molar-refractivity contribution in [3.05, 3.63) is 103 Å². The topological polar surface area (TPSA) is 86.7 Å². The number of nitrogens with two attached hydrogens (primary N) is 1. The van der Waals surface area contributed by atoms with Crippen LogP contribution in [0.15, 0.2) is 91.5 Å². The second kappa shape index (κ2) is 10.4. The number of aromatic nitrogens is 4. The summed E-state index contributed by atoms with van der Waals surface area (Å²) < 4.78 is 2.03. The van der Waals surface area contributed by atoms with E-state index in [0.29, 0.717) is 24.0 Å². The van der Waals surface area contributed by atoms with Crippen LogP contribution in [0, 0.1) is 0 Å². The van der Waals surface area contributed by atoms with Crippen LogP contribution in [0.2, 0.25) is 0 Å². The van der Waals surface area contributed by atoms with Gasteiger partial charge in [-0.25, -0.2) is 15.0 Å². The van der Waals surface area contributed by atoms with Crippen LogP contribution in [-0.4, -0.2) is 25.3 Å². The number of hydrogen-bond acceptors (Lipinski definition) is 5. The van der Waals surface area contributed by atoms with Gasteiger partial charge in [-0.3, -0.25) is 4.79 Å². The highest BCUT2D eigenvalue weighted by atomic mass is 16.1. The SMILES string of the molecule is NCc1cccc(-c2nc3cc(C(=O)CCCCn4ccnc4)ccc3nc2-c2ccccc2)c1. The van der Waals surface area contributed by atoms with E-state index in [-0.39, 0.29) is 5.78 Å². The first-order chi connectivity index (χ1) is 17.2. The molecule has 0 radical (unpaired) electrons. The average Bonchev–Trinajstić information content (AvgIpc) is 3.44. The number of hydrogen-bond donors (Lipinski definition) is 1. The average molecular weight is 462 g/mol. The number of fused-ring (bicyclic) bond motifs is 1. The molecule has 0 unspecified atom stereocenters. The van der Waals surface area contributed by atoms with Crippen LogP contribution in [0.3, 0.4) is 0 Å². The Labute approximate surface area is 204 Å². The van der Waals surface area contributed by atoms with Gasteiger partial charge in [-0.05, 0) is 42.7 Å². The summed E-state index contributed by atoms with van der Waals surface area (Å²) in [4.78, 5) is 26.9. The Morgan fingerprint density at radius 1 is 0.829 bits per heavy atom. The fraction of sp³-hybridized carbons (Fsp3) is 0.172. The number of rotatable bonds is 9. The van der Waals surface area contributed by atoms with Gasteiger partial charge in [-0.15, -0.1) is 0 Å². The Hall–Kier alpha value is -4.16. The van der Waals surface area contributed by atoms with Crippen LogP contribution in [0.1, 0.15) is 35.2 Å². The van der Waals surface area contributed by atoms with Crippen LogP contribution in [0.5, 0.6) is 0 Å². The minimum absolute atomic E-state index is 0.123. The Balaban J connectivity index is 1.46. The molecule has 6 heteroatoms. The molecule has 2 aromatic heterocycles. The molecular formula is C29H27N5O. The van der Waals surface area contributed by atoms with Crippen molar-refractivity contribution in [2.75, 3.05) is 0 Å². The number of aryl methyl sites for hydroxylation is 1. The molecule has 5 rings (SSSR count). The van der Waals surface area contributed by atoms with Crippen molar-refractivity contribution in [2.45, 2.75) is 32.4 Å². The molecule has 2 N–H and O–H groups in total. The van der Waals surface area contributed by atoms with E-state index in [1.807, 2.05) is 77.5 Å². The molecule has 0 aliphatic carbocycles. The van der Waals surface area contributed by atoms with Gasteiger partial charge in [0.15, 0.2) is 5.78 Å². The van der Waals surface area contributed by atoms with Crippen molar-refractivity contribution in [2.24, 2.45) is 5.73 Å². The third-order valence-electron chi connectivity index (χ3n) is 6.10. The third kappa shape index (κ3) is 5.18. The van der Waals surface area contributed by atoms with Crippen LogP contribution >= 0.6 is 0 Å². The molecule has 6 nitrogen and oxygen atoms in total. The molecule has 0 saturated heterocycles. The summed E-state index contributed by atoms with van der Waals surface area (Å²) in [6.07, 6.45) is 7.76. The van der Waals surface area contributed by atoms with Crippen molar-refractivity contribution in [3.63, 3.8) is 0 Å². The Morgan fingerprint density at radius 3 is 2.43 bits per heavy atom. The van der Waals surface area contributed by atoms with E-state index in [2.05, 4.69) is 11.1 Å². The number of Topliss-reactive ketones (excluding diaryl/α,β-unsaturated/α-hetero) is 1. The maximum Gasteiger partial charge on any atom is 0.162 e. The Kier molecular flexibility index (Phi) is 6.73. The monoisotopic (exact) mass is 461 g/mol. The summed E-state index contributed by atoms with van der Waals surface area (Å²) in [7, 11) is 0. The lowest BCUT2D eigenvalue weighted by Crippen LogP contribution is -2.02. The smallest absolute Gasteiger partial charge is 0.162 e. The second-order valence-corrected chi connectivity index (χ2v) is 8.58. The lowest BCUT2D eigenvalue weighted by Gasteiger charge is -2.12. The summed E-state index contributed by atoms with van der Waals surface area (Å²) in [5.41, 5.74) is 12.6. The number of nitrogens with zero attached hydrogens (tertiary/aromatic N) is 4. The number of benzene rings is 3. The molecule has 174 valence electrons. The first kappa shape index (κ1) is 22.6. The van der Waals surface area contributed by atoms with Gasteiger partial charge >= 0.3 is 0 Å². The fourth-order valence-corrected chi connectivity index (χ4v) is 4.22. The molecule has 0 amide bonds. The molecule has 0 atom stereocenters. The van der Waals surface area contributed by atoms with Gasteiger partial charge in [0.05, 0.1) is 28.7 Å². The van der Waals surface area contributed by atoms with E-state index in [1.165, 1.54) is 0 Å². The summed E-state index contributed by atoms with van der Waals surface area (Å²) in [5, 5.41) is 0. The van der Waals surface area contributed by atoms with Crippen molar-refractivity contribution in [3.8, 4) is 22.5 Å². The van der Waals surface area contributed by atoms with Gasteiger partial charge in [0.25, 0.3) is 0 Å².